The first kappa shape index (κ1) is 30.5. The van der Waals surface area contributed by atoms with Crippen LogP contribution in [0.1, 0.15) is 90.9 Å². The van der Waals surface area contributed by atoms with E-state index in [0.717, 1.165) is 25.7 Å². The second-order valence-corrected chi connectivity index (χ2v) is 7.31. The zero-order chi connectivity index (χ0) is 18.5. The maximum atomic E-state index is 9.99. The van der Waals surface area contributed by atoms with Crippen molar-refractivity contribution in [1.82, 2.24) is 0 Å². The molecule has 0 spiro atoms. The third kappa shape index (κ3) is 36.5. The Morgan fingerprint density at radius 2 is 0.880 bits per heavy atom. The molecule has 6 nitrogen and oxygen atoms in total. The number of hydrogen-bond donors (Lipinski definition) is 0. The summed E-state index contributed by atoms with van der Waals surface area (Å²) in [6.45, 7) is 5.08. The van der Waals surface area contributed by atoms with Crippen molar-refractivity contribution in [2.24, 2.45) is 0 Å². The fourth-order valence-corrected chi connectivity index (χ4v) is 2.70. The minimum Gasteiger partial charge on any atom is -0.781 e. The predicted molar refractivity (Wildman–Crippen MR) is 96.7 cm³/mol. The molecule has 0 radical (unpaired) electrons. The van der Waals surface area contributed by atoms with Gasteiger partial charge in [0.25, 0.3) is 0 Å². The van der Waals surface area contributed by atoms with Crippen molar-refractivity contribution in [2.45, 2.75) is 90.9 Å². The summed E-state index contributed by atoms with van der Waals surface area (Å²) in [5.74, 6) is 0. The molecule has 9 heteroatoms. The second-order valence-electron chi connectivity index (χ2n) is 5.73. The van der Waals surface area contributed by atoms with Gasteiger partial charge in [0.15, 0.2) is 0 Å². The Hall–Kier alpha value is 0.819. The molecule has 25 heavy (non-hydrogen) atoms. The van der Waals surface area contributed by atoms with Crippen molar-refractivity contribution < 1.29 is 45.0 Å². The van der Waals surface area contributed by atoms with Crippen LogP contribution in [0.15, 0.2) is 0 Å². The molecule has 0 saturated heterocycles. The average molecular weight is 442 g/mol. The second kappa shape index (κ2) is 27.0. The van der Waals surface area contributed by atoms with Crippen LogP contribution in [0.5, 0.6) is 0 Å². The van der Waals surface area contributed by atoms with Gasteiger partial charge < -0.3 is 28.0 Å². The van der Waals surface area contributed by atoms with Gasteiger partial charge in [-0.1, -0.05) is 78.1 Å². The van der Waals surface area contributed by atoms with Crippen LogP contribution in [0.4, 0.5) is 0 Å². The SMILES string of the molecule is CCCCCCCCO[PH](=O)[O-].CCCCCCCCO[PH](=O)[O-].[Fe+2]. The standard InChI is InChI=1S/2C8H19O3P.Fe/c2*1-2-3-4-5-6-7-8-11-12(9)10;/h2*12H,2-8H2,1H3,(H,9,10);/q;;+2/p-2. The molecule has 0 fully saturated rings. The summed E-state index contributed by atoms with van der Waals surface area (Å²) >= 11 is 0. The fourth-order valence-electron chi connectivity index (χ4n) is 2.08. The maximum Gasteiger partial charge on any atom is 2.00 e. The summed E-state index contributed by atoms with van der Waals surface area (Å²) in [6, 6.07) is 0. The number of hydrogen-bond acceptors (Lipinski definition) is 6. The summed E-state index contributed by atoms with van der Waals surface area (Å²) in [5.41, 5.74) is 0. The third-order valence-corrected chi connectivity index (χ3v) is 4.32. The molecule has 2 unspecified atom stereocenters. The van der Waals surface area contributed by atoms with E-state index in [1.54, 1.807) is 0 Å². The average Bonchev–Trinajstić information content (AvgIpc) is 2.53. The molecule has 0 aliphatic heterocycles. The molecule has 0 aliphatic carbocycles. The van der Waals surface area contributed by atoms with Crippen LogP contribution >= 0.6 is 16.5 Å². The Kier molecular flexibility index (Phi) is 33.0. The number of rotatable bonds is 16. The Bertz CT molecular complexity index is 268. The molecule has 0 N–H and O–H groups in total. The van der Waals surface area contributed by atoms with Gasteiger partial charge in [0.1, 0.15) is 16.5 Å². The van der Waals surface area contributed by atoms with Crippen LogP contribution in [0.25, 0.3) is 0 Å². The summed E-state index contributed by atoms with van der Waals surface area (Å²) in [5, 5.41) is 0. The molecular formula is C16H36FeO6P2. The Labute approximate surface area is 165 Å². The van der Waals surface area contributed by atoms with E-state index in [-0.39, 0.29) is 17.1 Å². The first-order valence-corrected chi connectivity index (χ1v) is 11.7. The molecule has 0 aromatic carbocycles. The molecule has 0 aromatic heterocycles. The van der Waals surface area contributed by atoms with E-state index in [1.165, 1.54) is 51.4 Å². The van der Waals surface area contributed by atoms with Gasteiger partial charge in [0.05, 0.1) is 13.2 Å². The van der Waals surface area contributed by atoms with Gasteiger partial charge in [-0.25, -0.2) is 0 Å². The zero-order valence-electron chi connectivity index (χ0n) is 15.7. The molecule has 0 heterocycles. The monoisotopic (exact) mass is 442 g/mol. The van der Waals surface area contributed by atoms with E-state index in [0.29, 0.717) is 13.2 Å². The van der Waals surface area contributed by atoms with Crippen molar-refractivity contribution in [3.05, 3.63) is 0 Å². The van der Waals surface area contributed by atoms with Crippen molar-refractivity contribution in [3.63, 3.8) is 0 Å². The van der Waals surface area contributed by atoms with Gasteiger partial charge >= 0.3 is 17.1 Å². The molecule has 154 valence electrons. The first-order valence-electron chi connectivity index (χ1n) is 9.22. The molecule has 0 aromatic rings. The minimum atomic E-state index is -2.93. The zero-order valence-corrected chi connectivity index (χ0v) is 18.8. The summed E-state index contributed by atoms with van der Waals surface area (Å²) in [6.07, 6.45) is 13.8. The molecule has 0 bridgehead atoms. The maximum absolute atomic E-state index is 9.99. The van der Waals surface area contributed by atoms with E-state index >= 15 is 0 Å². The topological polar surface area (TPSA) is 98.7 Å². The van der Waals surface area contributed by atoms with Gasteiger partial charge in [0.2, 0.25) is 0 Å². The third-order valence-electron chi connectivity index (χ3n) is 3.44. The first-order chi connectivity index (χ1) is 11.5. The van der Waals surface area contributed by atoms with E-state index in [9.17, 15) is 18.9 Å². The van der Waals surface area contributed by atoms with Crippen LogP contribution in [0.2, 0.25) is 0 Å². The Morgan fingerprint density at radius 3 is 1.16 bits per heavy atom. The number of unbranched alkanes of at least 4 members (excludes halogenated alkanes) is 10. The van der Waals surface area contributed by atoms with Gasteiger partial charge in [0, 0.05) is 0 Å². The Balaban J connectivity index is -0.000000372. The minimum absolute atomic E-state index is 0. The van der Waals surface area contributed by atoms with Gasteiger partial charge in [-0.3, -0.25) is 0 Å². The van der Waals surface area contributed by atoms with Crippen molar-refractivity contribution in [3.8, 4) is 0 Å². The van der Waals surface area contributed by atoms with Gasteiger partial charge in [-0.15, -0.1) is 0 Å². The normalized spacial score (nSPS) is 12.6. The molecule has 0 aliphatic rings. The van der Waals surface area contributed by atoms with E-state index in [4.69, 9.17) is 0 Å². The van der Waals surface area contributed by atoms with E-state index < -0.39 is 16.5 Å². The van der Waals surface area contributed by atoms with Gasteiger partial charge in [-0.05, 0) is 12.8 Å². The molecule has 0 rings (SSSR count). The van der Waals surface area contributed by atoms with Crippen LogP contribution in [-0.2, 0) is 35.2 Å². The molecule has 0 amide bonds. The van der Waals surface area contributed by atoms with Crippen LogP contribution in [0, 0.1) is 0 Å². The van der Waals surface area contributed by atoms with E-state index in [1.807, 2.05) is 0 Å². The molecule has 2 atom stereocenters. The quantitative estimate of drug-likeness (QED) is 0.202. The van der Waals surface area contributed by atoms with Gasteiger partial charge in [-0.2, -0.15) is 0 Å². The summed E-state index contributed by atoms with van der Waals surface area (Å²) < 4.78 is 28.9. The van der Waals surface area contributed by atoms with Crippen molar-refractivity contribution in [2.75, 3.05) is 13.2 Å². The molecule has 0 saturated carbocycles. The Morgan fingerprint density at radius 1 is 0.600 bits per heavy atom. The van der Waals surface area contributed by atoms with Crippen LogP contribution < -0.4 is 9.79 Å². The molecular weight excluding hydrogens is 406 g/mol. The largest absolute Gasteiger partial charge is 2.00 e. The van der Waals surface area contributed by atoms with E-state index in [2.05, 4.69) is 22.9 Å². The fraction of sp³-hybridized carbons (Fsp3) is 1.00. The van der Waals surface area contributed by atoms with Crippen molar-refractivity contribution in [1.29, 1.82) is 0 Å². The summed E-state index contributed by atoms with van der Waals surface area (Å²) in [7, 11) is -5.86. The van der Waals surface area contributed by atoms with Crippen LogP contribution in [0.3, 0.4) is 0 Å². The van der Waals surface area contributed by atoms with Crippen molar-refractivity contribution >= 4 is 16.5 Å². The predicted octanol–water partition coefficient (Wildman–Crippen LogP) is 4.22. The smallest absolute Gasteiger partial charge is 0.781 e. The summed E-state index contributed by atoms with van der Waals surface area (Å²) in [4.78, 5) is 20.0. The van der Waals surface area contributed by atoms with Crippen LogP contribution in [-0.4, -0.2) is 13.2 Å².